The summed E-state index contributed by atoms with van der Waals surface area (Å²) in [7, 11) is -2.51. The molecule has 3 N–H and O–H groups in total. The molecular weight excluding hydrogens is 286 g/mol. The third-order valence-electron chi connectivity index (χ3n) is 2.47. The second-order valence-electron chi connectivity index (χ2n) is 3.98. The molecule has 0 aliphatic carbocycles. The number of aryl methyl sites for hydroxylation is 1. The van der Waals surface area contributed by atoms with Gasteiger partial charge in [-0.15, -0.1) is 0 Å². The summed E-state index contributed by atoms with van der Waals surface area (Å²) in [5.41, 5.74) is -0.0875. The number of nitrogens with two attached hydrogens (primary N) is 1. The van der Waals surface area contributed by atoms with Crippen LogP contribution in [0.5, 0.6) is 0 Å². The number of benzene rings is 1. The molecule has 0 aliphatic heterocycles. The van der Waals surface area contributed by atoms with Crippen LogP contribution in [0.15, 0.2) is 35.5 Å². The van der Waals surface area contributed by atoms with E-state index in [1.807, 2.05) is 0 Å². The molecule has 1 aromatic carbocycles. The fourth-order valence-corrected chi connectivity index (χ4v) is 2.40. The van der Waals surface area contributed by atoms with Crippen LogP contribution in [0.4, 0.5) is 17.1 Å². The zero-order chi connectivity index (χ0) is 14.9. The van der Waals surface area contributed by atoms with Crippen molar-refractivity contribution in [3.05, 3.63) is 40.7 Å². The molecule has 0 aliphatic rings. The van der Waals surface area contributed by atoms with Crippen LogP contribution in [-0.2, 0) is 17.1 Å². The SMILES string of the molecule is Cn1cc(Nc2cccc(S(N)(=O)=O)c2[N+](=O)[O-])cn1. The number of nitrogens with zero attached hydrogens (tertiary/aromatic N) is 3. The van der Waals surface area contributed by atoms with Crippen molar-refractivity contribution in [3.8, 4) is 0 Å². The molecule has 2 aromatic rings. The molecule has 0 radical (unpaired) electrons. The second-order valence-corrected chi connectivity index (χ2v) is 5.51. The molecule has 0 fully saturated rings. The van der Waals surface area contributed by atoms with Gasteiger partial charge in [0.15, 0.2) is 4.90 Å². The van der Waals surface area contributed by atoms with Gasteiger partial charge in [0.25, 0.3) is 0 Å². The highest BCUT2D eigenvalue weighted by Crippen LogP contribution is 2.33. The number of primary sulfonamides is 1. The van der Waals surface area contributed by atoms with E-state index in [0.717, 1.165) is 6.07 Å². The number of nitro benzene ring substituents is 1. The summed E-state index contributed by atoms with van der Waals surface area (Å²) < 4.78 is 24.3. The minimum atomic E-state index is -4.19. The summed E-state index contributed by atoms with van der Waals surface area (Å²) in [6, 6.07) is 3.84. The molecular formula is C10H11N5O4S. The first kappa shape index (κ1) is 14.0. The van der Waals surface area contributed by atoms with Crippen molar-refractivity contribution in [2.75, 3.05) is 5.32 Å². The molecule has 0 saturated carbocycles. The van der Waals surface area contributed by atoms with Gasteiger partial charge in [-0.3, -0.25) is 14.8 Å². The molecule has 0 bridgehead atoms. The second kappa shape index (κ2) is 4.90. The number of sulfonamides is 1. The van der Waals surface area contributed by atoms with Crippen LogP contribution < -0.4 is 10.5 Å². The number of rotatable bonds is 4. The molecule has 0 spiro atoms. The number of nitro groups is 1. The normalized spacial score (nSPS) is 11.3. The van der Waals surface area contributed by atoms with E-state index in [9.17, 15) is 18.5 Å². The highest BCUT2D eigenvalue weighted by atomic mass is 32.2. The molecule has 0 unspecified atom stereocenters. The maximum atomic E-state index is 11.4. The maximum Gasteiger partial charge on any atom is 0.312 e. The number of aromatic nitrogens is 2. The third-order valence-corrected chi connectivity index (χ3v) is 3.41. The number of hydrogen-bond donors (Lipinski definition) is 2. The topological polar surface area (TPSA) is 133 Å². The van der Waals surface area contributed by atoms with Gasteiger partial charge in [0.05, 0.1) is 16.8 Å². The van der Waals surface area contributed by atoms with Crippen molar-refractivity contribution in [2.24, 2.45) is 12.2 Å². The Bertz CT molecular complexity index is 768. The Hall–Kier alpha value is -2.46. The lowest BCUT2D eigenvalue weighted by molar-refractivity contribution is -0.386. The molecule has 0 amide bonds. The zero-order valence-electron chi connectivity index (χ0n) is 10.3. The number of para-hydroxylation sites is 1. The molecule has 9 nitrogen and oxygen atoms in total. The van der Waals surface area contributed by atoms with E-state index in [1.54, 1.807) is 13.2 Å². The minimum absolute atomic E-state index is 0.0227. The van der Waals surface area contributed by atoms with Gasteiger partial charge < -0.3 is 5.32 Å². The summed E-state index contributed by atoms with van der Waals surface area (Å²) >= 11 is 0. The van der Waals surface area contributed by atoms with Crippen molar-refractivity contribution >= 4 is 27.1 Å². The van der Waals surface area contributed by atoms with E-state index in [0.29, 0.717) is 5.69 Å². The average Bonchev–Trinajstić information content (AvgIpc) is 2.73. The summed E-state index contributed by atoms with van der Waals surface area (Å²) in [6.45, 7) is 0. The van der Waals surface area contributed by atoms with E-state index in [4.69, 9.17) is 5.14 Å². The Kier molecular flexibility index (Phi) is 3.42. The molecule has 20 heavy (non-hydrogen) atoms. The van der Waals surface area contributed by atoms with Gasteiger partial charge in [0.2, 0.25) is 10.0 Å². The Morgan fingerprint density at radius 2 is 2.15 bits per heavy atom. The third kappa shape index (κ3) is 2.75. The molecule has 1 heterocycles. The summed E-state index contributed by atoms with van der Waals surface area (Å²) in [6.07, 6.45) is 3.04. The lowest BCUT2D eigenvalue weighted by Crippen LogP contribution is -2.15. The van der Waals surface area contributed by atoms with E-state index >= 15 is 0 Å². The number of hydrogen-bond acceptors (Lipinski definition) is 6. The van der Waals surface area contributed by atoms with Gasteiger partial charge in [-0.1, -0.05) is 6.07 Å². The smallest absolute Gasteiger partial charge is 0.312 e. The van der Waals surface area contributed by atoms with E-state index < -0.39 is 25.5 Å². The Morgan fingerprint density at radius 1 is 1.45 bits per heavy atom. The van der Waals surface area contributed by atoms with Crippen LogP contribution in [0.1, 0.15) is 0 Å². The van der Waals surface area contributed by atoms with Gasteiger partial charge in [0, 0.05) is 13.2 Å². The fraction of sp³-hybridized carbons (Fsp3) is 0.100. The first-order valence-corrected chi connectivity index (χ1v) is 6.89. The first-order chi connectivity index (χ1) is 9.29. The Balaban J connectivity index is 2.56. The highest BCUT2D eigenvalue weighted by molar-refractivity contribution is 7.89. The lowest BCUT2D eigenvalue weighted by atomic mass is 10.2. The molecule has 2 rings (SSSR count). The number of anilines is 2. The maximum absolute atomic E-state index is 11.4. The summed E-state index contributed by atoms with van der Waals surface area (Å²) in [5, 5.41) is 22.7. The van der Waals surface area contributed by atoms with Crippen LogP contribution in [-0.4, -0.2) is 23.1 Å². The van der Waals surface area contributed by atoms with Crippen LogP contribution in [0.2, 0.25) is 0 Å². The Morgan fingerprint density at radius 3 is 2.65 bits per heavy atom. The summed E-state index contributed by atoms with van der Waals surface area (Å²) in [4.78, 5) is 9.77. The van der Waals surface area contributed by atoms with Gasteiger partial charge in [-0.05, 0) is 12.1 Å². The first-order valence-electron chi connectivity index (χ1n) is 5.35. The zero-order valence-corrected chi connectivity index (χ0v) is 11.2. The van der Waals surface area contributed by atoms with Crippen molar-refractivity contribution < 1.29 is 13.3 Å². The standard InChI is InChI=1S/C10H11N5O4S/c1-14-6-7(5-12-14)13-8-3-2-4-9(20(11,18)19)10(8)15(16)17/h2-6,13H,1H3,(H2,11,18,19). The van der Waals surface area contributed by atoms with Gasteiger partial charge in [-0.25, -0.2) is 13.6 Å². The predicted octanol–water partition coefficient (Wildman–Crippen LogP) is 0.719. The average molecular weight is 297 g/mol. The van der Waals surface area contributed by atoms with Crippen molar-refractivity contribution in [1.82, 2.24) is 9.78 Å². The number of nitrogens with one attached hydrogen (secondary N) is 1. The van der Waals surface area contributed by atoms with Gasteiger partial charge in [0.1, 0.15) is 5.69 Å². The van der Waals surface area contributed by atoms with E-state index in [-0.39, 0.29) is 5.69 Å². The Labute approximate surface area is 114 Å². The highest BCUT2D eigenvalue weighted by Gasteiger charge is 2.26. The van der Waals surface area contributed by atoms with Crippen LogP contribution >= 0.6 is 0 Å². The van der Waals surface area contributed by atoms with E-state index in [2.05, 4.69) is 10.4 Å². The largest absolute Gasteiger partial charge is 0.347 e. The van der Waals surface area contributed by atoms with Crippen molar-refractivity contribution in [3.63, 3.8) is 0 Å². The molecule has 0 atom stereocenters. The van der Waals surface area contributed by atoms with Crippen LogP contribution in [0.3, 0.4) is 0 Å². The minimum Gasteiger partial charge on any atom is -0.347 e. The monoisotopic (exact) mass is 297 g/mol. The van der Waals surface area contributed by atoms with Crippen LogP contribution in [0.25, 0.3) is 0 Å². The molecule has 10 heteroatoms. The molecule has 106 valence electrons. The molecule has 0 saturated heterocycles. The van der Waals surface area contributed by atoms with E-state index in [1.165, 1.54) is 23.0 Å². The van der Waals surface area contributed by atoms with Crippen LogP contribution in [0, 0.1) is 10.1 Å². The lowest BCUT2D eigenvalue weighted by Gasteiger charge is -2.07. The summed E-state index contributed by atoms with van der Waals surface area (Å²) in [5.74, 6) is 0. The van der Waals surface area contributed by atoms with Gasteiger partial charge in [-0.2, -0.15) is 5.10 Å². The van der Waals surface area contributed by atoms with Crippen molar-refractivity contribution in [1.29, 1.82) is 0 Å². The predicted molar refractivity (Wildman–Crippen MR) is 71.0 cm³/mol. The quantitative estimate of drug-likeness (QED) is 0.631. The van der Waals surface area contributed by atoms with Crippen molar-refractivity contribution in [2.45, 2.75) is 4.90 Å². The van der Waals surface area contributed by atoms with Gasteiger partial charge >= 0.3 is 5.69 Å². The molecule has 1 aromatic heterocycles. The fourth-order valence-electron chi connectivity index (χ4n) is 1.68.